The Morgan fingerprint density at radius 3 is 2.10 bits per heavy atom. The van der Waals surface area contributed by atoms with Crippen LogP contribution in [-0.4, -0.2) is 31.3 Å². The summed E-state index contributed by atoms with van der Waals surface area (Å²) in [5.41, 5.74) is 1.82. The number of ether oxygens (including phenoxy) is 1. The third-order valence-corrected chi connectivity index (χ3v) is 3.01. The van der Waals surface area contributed by atoms with Crippen molar-refractivity contribution >= 4 is 5.97 Å². The molecule has 0 heterocycles. The molecule has 0 aromatic heterocycles. The van der Waals surface area contributed by atoms with E-state index in [1.54, 1.807) is 12.1 Å². The first-order chi connectivity index (χ1) is 9.57. The van der Waals surface area contributed by atoms with Crippen molar-refractivity contribution in [3.8, 4) is 0 Å². The van der Waals surface area contributed by atoms with Crippen LogP contribution in [0.3, 0.4) is 0 Å². The van der Waals surface area contributed by atoms with Gasteiger partial charge in [0.15, 0.2) is 0 Å². The Morgan fingerprint density at radius 2 is 1.50 bits per heavy atom. The summed E-state index contributed by atoms with van der Waals surface area (Å²) < 4.78 is 6.00. The minimum Gasteiger partial charge on any atom is -0.411 e. The highest BCUT2D eigenvalue weighted by atomic mass is 16.5. The maximum atomic E-state index is 11.9. The van der Waals surface area contributed by atoms with Crippen LogP contribution in [0.2, 0.25) is 0 Å². The number of rotatable bonds is 5. The zero-order valence-corrected chi connectivity index (χ0v) is 12.0. The van der Waals surface area contributed by atoms with Crippen LogP contribution in [0.1, 0.15) is 15.9 Å². The van der Waals surface area contributed by atoms with Gasteiger partial charge in [0.05, 0.1) is 19.7 Å². The van der Waals surface area contributed by atoms with E-state index >= 15 is 0 Å². The van der Waals surface area contributed by atoms with Gasteiger partial charge in [0.25, 0.3) is 0 Å². The minimum absolute atomic E-state index is 0.273. The molecule has 3 heteroatoms. The summed E-state index contributed by atoms with van der Waals surface area (Å²) in [7, 11) is 4.09. The van der Waals surface area contributed by atoms with Gasteiger partial charge < -0.3 is 4.74 Å². The molecule has 0 aliphatic rings. The molecule has 0 saturated heterocycles. The molecule has 104 valence electrons. The highest BCUT2D eigenvalue weighted by Crippen LogP contribution is 2.10. The van der Waals surface area contributed by atoms with Crippen molar-refractivity contribution in [1.82, 2.24) is 0 Å². The maximum Gasteiger partial charge on any atom is 0.342 e. The fourth-order valence-corrected chi connectivity index (χ4v) is 2.01. The first kappa shape index (κ1) is 14.3. The predicted molar refractivity (Wildman–Crippen MR) is 79.0 cm³/mol. The first-order valence-electron chi connectivity index (χ1n) is 6.65. The smallest absolute Gasteiger partial charge is 0.342 e. The molecule has 0 spiro atoms. The van der Waals surface area contributed by atoms with Crippen LogP contribution in [0.15, 0.2) is 60.7 Å². The topological polar surface area (TPSA) is 26.3 Å². The first-order valence-corrected chi connectivity index (χ1v) is 6.65. The van der Waals surface area contributed by atoms with Crippen molar-refractivity contribution in [2.75, 3.05) is 20.8 Å². The number of carbonyl (C=O) groups excluding carboxylic acids is 1. The average Bonchev–Trinajstić information content (AvgIpc) is 2.46. The summed E-state index contributed by atoms with van der Waals surface area (Å²) in [6.07, 6.45) is 0. The van der Waals surface area contributed by atoms with Crippen molar-refractivity contribution in [2.45, 2.75) is 6.54 Å². The van der Waals surface area contributed by atoms with E-state index in [0.29, 0.717) is 16.8 Å². The molecule has 0 bridgehead atoms. The fourth-order valence-electron chi connectivity index (χ4n) is 2.01. The molecule has 0 aliphatic heterocycles. The molecule has 20 heavy (non-hydrogen) atoms. The zero-order chi connectivity index (χ0) is 14.4. The van der Waals surface area contributed by atoms with Gasteiger partial charge in [0.2, 0.25) is 6.73 Å². The lowest BCUT2D eigenvalue weighted by Crippen LogP contribution is -2.41. The lowest BCUT2D eigenvalue weighted by molar-refractivity contribution is -0.920. The van der Waals surface area contributed by atoms with E-state index in [-0.39, 0.29) is 5.97 Å². The fraction of sp³-hybridized carbons (Fsp3) is 0.235. The van der Waals surface area contributed by atoms with E-state index in [0.717, 1.165) is 6.54 Å². The number of nitrogens with zero attached hydrogens (tertiary/aromatic N) is 1. The van der Waals surface area contributed by atoms with E-state index in [1.165, 1.54) is 5.56 Å². The van der Waals surface area contributed by atoms with Crippen molar-refractivity contribution in [2.24, 2.45) is 0 Å². The van der Waals surface area contributed by atoms with E-state index < -0.39 is 0 Å². The number of quaternary nitrogens is 1. The van der Waals surface area contributed by atoms with E-state index in [9.17, 15) is 4.79 Å². The van der Waals surface area contributed by atoms with Gasteiger partial charge in [-0.3, -0.25) is 4.48 Å². The second-order valence-corrected chi connectivity index (χ2v) is 5.51. The normalized spacial score (nSPS) is 11.1. The summed E-state index contributed by atoms with van der Waals surface area (Å²) in [4.78, 5) is 11.9. The molecule has 2 rings (SSSR count). The molecule has 2 aromatic carbocycles. The Kier molecular flexibility index (Phi) is 4.53. The van der Waals surface area contributed by atoms with Crippen LogP contribution < -0.4 is 0 Å². The number of esters is 1. The lowest BCUT2D eigenvalue weighted by atomic mass is 10.2. The second-order valence-electron chi connectivity index (χ2n) is 5.51. The largest absolute Gasteiger partial charge is 0.411 e. The summed E-state index contributed by atoms with van der Waals surface area (Å²) in [6, 6.07) is 19.3. The predicted octanol–water partition coefficient (Wildman–Crippen LogP) is 3.08. The SMILES string of the molecule is C[N+](C)(COC(=O)c1ccccc1)Cc1ccccc1. The quantitative estimate of drug-likeness (QED) is 0.474. The number of hydrogen-bond acceptors (Lipinski definition) is 2. The van der Waals surface area contributed by atoms with E-state index in [4.69, 9.17) is 4.74 Å². The minimum atomic E-state index is -0.273. The van der Waals surface area contributed by atoms with E-state index in [2.05, 4.69) is 12.1 Å². The Hall–Kier alpha value is -2.13. The van der Waals surface area contributed by atoms with Crippen LogP contribution in [-0.2, 0) is 11.3 Å². The third kappa shape index (κ3) is 4.21. The number of carbonyl (C=O) groups is 1. The van der Waals surface area contributed by atoms with Gasteiger partial charge >= 0.3 is 5.97 Å². The van der Waals surface area contributed by atoms with Crippen LogP contribution >= 0.6 is 0 Å². The molecule has 0 atom stereocenters. The van der Waals surface area contributed by atoms with Crippen LogP contribution in [0.4, 0.5) is 0 Å². The second kappa shape index (κ2) is 6.35. The van der Waals surface area contributed by atoms with Gasteiger partial charge in [-0.2, -0.15) is 0 Å². The standard InChI is InChI=1S/C17H20NO2/c1-18(2,13-15-9-5-3-6-10-15)14-20-17(19)16-11-7-4-8-12-16/h3-12H,13-14H2,1-2H3/q+1. The molecule has 0 unspecified atom stereocenters. The van der Waals surface area contributed by atoms with Gasteiger partial charge in [0.1, 0.15) is 6.54 Å². The summed E-state index contributed by atoms with van der Waals surface area (Å²) in [6.45, 7) is 1.17. The maximum absolute atomic E-state index is 11.9. The molecule has 2 aromatic rings. The van der Waals surface area contributed by atoms with Crippen LogP contribution in [0, 0.1) is 0 Å². The summed E-state index contributed by atoms with van der Waals surface area (Å²) >= 11 is 0. The highest BCUT2D eigenvalue weighted by Gasteiger charge is 2.18. The summed E-state index contributed by atoms with van der Waals surface area (Å²) in [5, 5.41) is 0. The number of hydrogen-bond donors (Lipinski definition) is 0. The summed E-state index contributed by atoms with van der Waals surface area (Å²) in [5.74, 6) is -0.273. The Labute approximate surface area is 120 Å². The van der Waals surface area contributed by atoms with Gasteiger partial charge in [-0.05, 0) is 12.1 Å². The molecular formula is C17H20NO2+. The Morgan fingerprint density at radius 1 is 0.950 bits per heavy atom. The van der Waals surface area contributed by atoms with Gasteiger partial charge in [-0.25, -0.2) is 4.79 Å². The monoisotopic (exact) mass is 270 g/mol. The van der Waals surface area contributed by atoms with E-state index in [1.807, 2.05) is 50.5 Å². The van der Waals surface area contributed by atoms with Crippen LogP contribution in [0.25, 0.3) is 0 Å². The lowest BCUT2D eigenvalue weighted by Gasteiger charge is -2.28. The molecular weight excluding hydrogens is 250 g/mol. The van der Waals surface area contributed by atoms with Gasteiger partial charge in [0, 0.05) is 5.56 Å². The molecule has 3 nitrogen and oxygen atoms in total. The molecule has 0 radical (unpaired) electrons. The van der Waals surface area contributed by atoms with Gasteiger partial charge in [-0.1, -0.05) is 48.5 Å². The van der Waals surface area contributed by atoms with Crippen molar-refractivity contribution in [3.63, 3.8) is 0 Å². The Bertz CT molecular complexity index is 550. The molecule has 0 N–H and O–H groups in total. The molecule has 0 amide bonds. The molecule has 0 aliphatic carbocycles. The third-order valence-electron chi connectivity index (χ3n) is 3.01. The number of benzene rings is 2. The van der Waals surface area contributed by atoms with Crippen LogP contribution in [0.5, 0.6) is 0 Å². The molecule has 0 fully saturated rings. The highest BCUT2D eigenvalue weighted by molar-refractivity contribution is 5.89. The van der Waals surface area contributed by atoms with Crippen molar-refractivity contribution in [3.05, 3.63) is 71.8 Å². The van der Waals surface area contributed by atoms with Crippen molar-refractivity contribution in [1.29, 1.82) is 0 Å². The molecule has 0 saturated carbocycles. The zero-order valence-electron chi connectivity index (χ0n) is 12.0. The van der Waals surface area contributed by atoms with Crippen molar-refractivity contribution < 1.29 is 14.0 Å². The average molecular weight is 270 g/mol. The van der Waals surface area contributed by atoms with Gasteiger partial charge in [-0.15, -0.1) is 0 Å². The Balaban J connectivity index is 1.91.